The smallest absolute Gasteiger partial charge is 0.0601 e. The summed E-state index contributed by atoms with van der Waals surface area (Å²) in [4.78, 5) is 2.55. The van der Waals surface area contributed by atoms with E-state index in [1.165, 1.54) is 45.3 Å². The zero-order valence-electron chi connectivity index (χ0n) is 10.0. The molecule has 0 bridgehead atoms. The zero-order chi connectivity index (χ0) is 10.7. The number of hydrogen-bond acceptors (Lipinski definition) is 3. The molecule has 88 valence electrons. The van der Waals surface area contributed by atoms with E-state index in [0.717, 1.165) is 12.1 Å². The van der Waals surface area contributed by atoms with E-state index in [1.54, 1.807) is 0 Å². The van der Waals surface area contributed by atoms with Crippen molar-refractivity contribution in [2.24, 2.45) is 0 Å². The van der Waals surface area contributed by atoms with Crippen LogP contribution in [0.3, 0.4) is 0 Å². The summed E-state index contributed by atoms with van der Waals surface area (Å²) in [5.74, 6) is 0. The van der Waals surface area contributed by atoms with Crippen LogP contribution in [-0.4, -0.2) is 49.8 Å². The quantitative estimate of drug-likeness (QED) is 0.759. The van der Waals surface area contributed by atoms with Gasteiger partial charge in [-0.25, -0.2) is 0 Å². The monoisotopic (exact) mass is 212 g/mol. The normalized spacial score (nSPS) is 37.6. The van der Waals surface area contributed by atoms with Gasteiger partial charge in [0.1, 0.15) is 0 Å². The zero-order valence-corrected chi connectivity index (χ0v) is 10.0. The standard InChI is InChI=1S/C12H24N2O/c1-3-14-6-4-5-10(9-14)13-11-7-12(8-11)15-2/h10-13H,3-9H2,1-2H3. The molecule has 2 fully saturated rings. The van der Waals surface area contributed by atoms with Gasteiger partial charge in [-0.15, -0.1) is 0 Å². The minimum atomic E-state index is 0.522. The van der Waals surface area contributed by atoms with Crippen molar-refractivity contribution < 1.29 is 4.74 Å². The topological polar surface area (TPSA) is 24.5 Å². The van der Waals surface area contributed by atoms with Crippen molar-refractivity contribution in [2.45, 2.75) is 50.8 Å². The summed E-state index contributed by atoms with van der Waals surface area (Å²) in [7, 11) is 1.82. The highest BCUT2D eigenvalue weighted by Crippen LogP contribution is 2.24. The minimum Gasteiger partial charge on any atom is -0.381 e. The summed E-state index contributed by atoms with van der Waals surface area (Å²) in [6, 6.07) is 1.44. The van der Waals surface area contributed by atoms with Crippen molar-refractivity contribution in [3.8, 4) is 0 Å². The summed E-state index contributed by atoms with van der Waals surface area (Å²) in [5.41, 5.74) is 0. The lowest BCUT2D eigenvalue weighted by Crippen LogP contribution is -2.54. The Balaban J connectivity index is 1.66. The molecule has 0 radical (unpaired) electrons. The van der Waals surface area contributed by atoms with E-state index in [0.29, 0.717) is 6.10 Å². The number of likely N-dealkylation sites (tertiary alicyclic amines) is 1. The molecule has 15 heavy (non-hydrogen) atoms. The van der Waals surface area contributed by atoms with Crippen LogP contribution in [0, 0.1) is 0 Å². The molecule has 1 unspecified atom stereocenters. The Labute approximate surface area is 93.2 Å². The highest BCUT2D eigenvalue weighted by Gasteiger charge is 2.31. The van der Waals surface area contributed by atoms with Crippen LogP contribution in [0.4, 0.5) is 0 Å². The second kappa shape index (κ2) is 5.28. The van der Waals surface area contributed by atoms with E-state index in [2.05, 4.69) is 17.1 Å². The molecule has 1 aliphatic heterocycles. The molecular weight excluding hydrogens is 188 g/mol. The average molecular weight is 212 g/mol. The Hall–Kier alpha value is -0.120. The molecule has 1 atom stereocenters. The molecule has 0 aromatic heterocycles. The maximum absolute atomic E-state index is 5.30. The Kier molecular flexibility index (Phi) is 4.00. The van der Waals surface area contributed by atoms with Gasteiger partial charge in [0.25, 0.3) is 0 Å². The molecule has 1 heterocycles. The second-order valence-corrected chi connectivity index (χ2v) is 4.93. The number of methoxy groups -OCH3 is 1. The third-order valence-corrected chi connectivity index (χ3v) is 3.85. The SMILES string of the molecule is CCN1CCCC(NC2CC(OC)C2)C1. The van der Waals surface area contributed by atoms with Gasteiger partial charge in [-0.05, 0) is 38.8 Å². The van der Waals surface area contributed by atoms with Crippen molar-refractivity contribution in [1.29, 1.82) is 0 Å². The summed E-state index contributed by atoms with van der Waals surface area (Å²) >= 11 is 0. The highest BCUT2D eigenvalue weighted by molar-refractivity contribution is 4.90. The third-order valence-electron chi connectivity index (χ3n) is 3.85. The number of nitrogens with one attached hydrogen (secondary N) is 1. The van der Waals surface area contributed by atoms with E-state index in [-0.39, 0.29) is 0 Å². The van der Waals surface area contributed by atoms with Gasteiger partial charge < -0.3 is 15.0 Å². The Morgan fingerprint density at radius 3 is 2.80 bits per heavy atom. The van der Waals surface area contributed by atoms with Gasteiger partial charge in [0.15, 0.2) is 0 Å². The van der Waals surface area contributed by atoms with Gasteiger partial charge >= 0.3 is 0 Å². The molecule has 2 rings (SSSR count). The van der Waals surface area contributed by atoms with Crippen molar-refractivity contribution in [3.05, 3.63) is 0 Å². The number of hydrogen-bond donors (Lipinski definition) is 1. The molecular formula is C12H24N2O. The summed E-state index contributed by atoms with van der Waals surface area (Å²) < 4.78 is 5.30. The van der Waals surface area contributed by atoms with E-state index in [4.69, 9.17) is 4.74 Å². The van der Waals surface area contributed by atoms with Gasteiger partial charge in [-0.2, -0.15) is 0 Å². The highest BCUT2D eigenvalue weighted by atomic mass is 16.5. The average Bonchev–Trinajstić information content (AvgIpc) is 2.23. The van der Waals surface area contributed by atoms with Crippen LogP contribution in [0.25, 0.3) is 0 Å². The summed E-state index contributed by atoms with van der Waals surface area (Å²) in [6.45, 7) is 5.99. The first-order chi connectivity index (χ1) is 7.31. The second-order valence-electron chi connectivity index (χ2n) is 4.93. The molecule has 0 spiro atoms. The third kappa shape index (κ3) is 2.92. The van der Waals surface area contributed by atoms with Crippen LogP contribution >= 0.6 is 0 Å². The molecule has 1 N–H and O–H groups in total. The van der Waals surface area contributed by atoms with Gasteiger partial charge in [-0.1, -0.05) is 6.92 Å². The minimum absolute atomic E-state index is 0.522. The van der Waals surface area contributed by atoms with E-state index >= 15 is 0 Å². The lowest BCUT2D eigenvalue weighted by atomic mass is 9.88. The van der Waals surface area contributed by atoms with E-state index < -0.39 is 0 Å². The van der Waals surface area contributed by atoms with Gasteiger partial charge in [0.2, 0.25) is 0 Å². The van der Waals surface area contributed by atoms with Crippen LogP contribution in [0.5, 0.6) is 0 Å². The molecule has 3 heteroatoms. The number of nitrogens with zero attached hydrogens (tertiary/aromatic N) is 1. The first-order valence-electron chi connectivity index (χ1n) is 6.33. The largest absolute Gasteiger partial charge is 0.381 e. The van der Waals surface area contributed by atoms with Crippen molar-refractivity contribution in [2.75, 3.05) is 26.7 Å². The maximum Gasteiger partial charge on any atom is 0.0601 e. The molecule has 1 aliphatic carbocycles. The Morgan fingerprint density at radius 2 is 2.13 bits per heavy atom. The van der Waals surface area contributed by atoms with Gasteiger partial charge in [0, 0.05) is 25.7 Å². The number of rotatable bonds is 4. The predicted octanol–water partition coefficient (Wildman–Crippen LogP) is 1.24. The van der Waals surface area contributed by atoms with Crippen molar-refractivity contribution in [1.82, 2.24) is 10.2 Å². The summed E-state index contributed by atoms with van der Waals surface area (Å²) in [6.07, 6.45) is 5.64. The fraction of sp³-hybridized carbons (Fsp3) is 1.00. The molecule has 0 aromatic rings. The van der Waals surface area contributed by atoms with Crippen LogP contribution in [-0.2, 0) is 4.74 Å². The molecule has 0 amide bonds. The van der Waals surface area contributed by atoms with Gasteiger partial charge in [-0.3, -0.25) is 0 Å². The lowest BCUT2D eigenvalue weighted by Gasteiger charge is -2.40. The Morgan fingerprint density at radius 1 is 1.33 bits per heavy atom. The number of likely N-dealkylation sites (N-methyl/N-ethyl adjacent to an activating group) is 1. The van der Waals surface area contributed by atoms with Crippen LogP contribution in [0.1, 0.15) is 32.6 Å². The molecule has 0 aromatic carbocycles. The molecule has 2 aliphatic rings. The van der Waals surface area contributed by atoms with E-state index in [9.17, 15) is 0 Å². The molecule has 1 saturated heterocycles. The molecule has 3 nitrogen and oxygen atoms in total. The predicted molar refractivity (Wildman–Crippen MR) is 62.1 cm³/mol. The number of piperidine rings is 1. The molecule has 1 saturated carbocycles. The lowest BCUT2D eigenvalue weighted by molar-refractivity contribution is 0.0108. The summed E-state index contributed by atoms with van der Waals surface area (Å²) in [5, 5.41) is 3.76. The first kappa shape index (κ1) is 11.4. The Bertz CT molecular complexity index is 192. The van der Waals surface area contributed by atoms with Crippen LogP contribution < -0.4 is 5.32 Å². The van der Waals surface area contributed by atoms with Crippen LogP contribution in [0.15, 0.2) is 0 Å². The van der Waals surface area contributed by atoms with Crippen LogP contribution in [0.2, 0.25) is 0 Å². The van der Waals surface area contributed by atoms with Crippen molar-refractivity contribution >= 4 is 0 Å². The fourth-order valence-corrected chi connectivity index (χ4v) is 2.71. The first-order valence-corrected chi connectivity index (χ1v) is 6.33. The fourth-order valence-electron chi connectivity index (χ4n) is 2.71. The maximum atomic E-state index is 5.30. The van der Waals surface area contributed by atoms with E-state index in [1.807, 2.05) is 7.11 Å². The van der Waals surface area contributed by atoms with Crippen molar-refractivity contribution in [3.63, 3.8) is 0 Å². The number of ether oxygens (including phenoxy) is 1. The van der Waals surface area contributed by atoms with Gasteiger partial charge in [0.05, 0.1) is 6.10 Å².